The second-order valence-electron chi connectivity index (χ2n) is 1.67. The lowest BCUT2D eigenvalue weighted by Gasteiger charge is -1.92. The maximum Gasteiger partial charge on any atom is 0.211 e. The fourth-order valence-electron chi connectivity index (χ4n) is 0.488. The van der Waals surface area contributed by atoms with Gasteiger partial charge < -0.3 is 10.8 Å². The van der Waals surface area contributed by atoms with E-state index in [9.17, 15) is 0 Å². The zero-order valence-corrected chi connectivity index (χ0v) is 5.78. The number of para-hydroxylation sites is 2. The first-order valence-corrected chi connectivity index (χ1v) is 2.79. The van der Waals surface area contributed by atoms with Crippen LogP contribution in [0.25, 0.3) is 0 Å². The van der Waals surface area contributed by atoms with Gasteiger partial charge in [0.25, 0.3) is 0 Å². The highest BCUT2D eigenvalue weighted by atomic mass is 16.3. The minimum absolute atomic E-state index is 0.146. The third-order valence-electron chi connectivity index (χ3n) is 0.937. The molecule has 0 saturated heterocycles. The molecule has 0 aromatic heterocycles. The molecule has 0 aliphatic heterocycles. The lowest BCUT2D eigenvalue weighted by Crippen LogP contribution is -1.82. The van der Waals surface area contributed by atoms with Crippen LogP contribution >= 0.6 is 0 Å². The number of phenolic OH excluding ortho intramolecular Hbond substituents is 1. The molecule has 0 fully saturated rings. The van der Waals surface area contributed by atoms with Gasteiger partial charge in [-0.3, -0.25) is 0 Å². The Hall–Kier alpha value is -1.87. The Morgan fingerprint density at radius 2 is 1.73 bits per heavy atom. The quantitative estimate of drug-likeness (QED) is 0.194. The molecule has 5 heteroatoms. The predicted molar refractivity (Wildman–Crippen MR) is 40.1 cm³/mol. The van der Waals surface area contributed by atoms with Crippen molar-refractivity contribution in [2.24, 2.45) is 0 Å². The molecule has 0 aliphatic carbocycles. The predicted octanol–water partition coefficient (Wildman–Crippen LogP) is 1.09. The van der Waals surface area contributed by atoms with E-state index in [0.29, 0.717) is 5.69 Å². The van der Waals surface area contributed by atoms with Crippen LogP contribution < -0.4 is 10.6 Å². The van der Waals surface area contributed by atoms with Gasteiger partial charge in [-0.25, -0.2) is 0 Å². The monoisotopic (exact) mass is 153 g/mol. The molecule has 0 saturated carbocycles. The molecule has 1 rings (SSSR count). The number of anilines is 1. The molecule has 1 aromatic rings. The highest BCUT2D eigenvalue weighted by molar-refractivity contribution is 5.50. The van der Waals surface area contributed by atoms with Crippen molar-refractivity contribution in [3.05, 3.63) is 24.3 Å². The molecule has 0 radical (unpaired) electrons. The summed E-state index contributed by atoms with van der Waals surface area (Å²) in [5.74, 6) is 0.146. The SMILES string of the molecule is N=[N+]=N.Nc1ccccc1O. The minimum atomic E-state index is 0.146. The number of hydrogen-bond donors (Lipinski definition) is 4. The molecule has 5 N–H and O–H groups in total. The van der Waals surface area contributed by atoms with E-state index in [1.165, 1.54) is 0 Å². The molecule has 0 spiro atoms. The summed E-state index contributed by atoms with van der Waals surface area (Å²) in [6.45, 7) is 0. The van der Waals surface area contributed by atoms with E-state index in [0.717, 1.165) is 0 Å². The number of hydrogen-bond acceptors (Lipinski definition) is 4. The Kier molecular flexibility index (Phi) is 4.12. The summed E-state index contributed by atoms with van der Waals surface area (Å²) in [7, 11) is 0. The zero-order chi connectivity index (χ0) is 8.69. The summed E-state index contributed by atoms with van der Waals surface area (Å²) in [5.41, 5.74) is 16.7. The van der Waals surface area contributed by atoms with Crippen LogP contribution in [0.15, 0.2) is 24.3 Å². The second kappa shape index (κ2) is 4.96. The van der Waals surface area contributed by atoms with Crippen LogP contribution in [-0.2, 0) is 0 Å². The van der Waals surface area contributed by atoms with Crippen LogP contribution in [0, 0.1) is 11.1 Å². The van der Waals surface area contributed by atoms with Gasteiger partial charge in [0.2, 0.25) is 4.91 Å². The molecule has 58 valence electrons. The highest BCUT2D eigenvalue weighted by Gasteiger charge is 1.87. The first kappa shape index (κ1) is 9.13. The molecular formula is C6H9N4O+. The smallest absolute Gasteiger partial charge is 0.211 e. The first-order valence-electron chi connectivity index (χ1n) is 2.79. The van der Waals surface area contributed by atoms with Crippen LogP contribution in [0.3, 0.4) is 0 Å². The Bertz CT molecular complexity index is 234. The summed E-state index contributed by atoms with van der Waals surface area (Å²) in [4.78, 5) is 2.00. The molecule has 11 heavy (non-hydrogen) atoms. The van der Waals surface area contributed by atoms with Crippen molar-refractivity contribution in [3.63, 3.8) is 0 Å². The van der Waals surface area contributed by atoms with Gasteiger partial charge in [0.15, 0.2) is 0 Å². The summed E-state index contributed by atoms with van der Waals surface area (Å²) >= 11 is 0. The number of aromatic hydroxyl groups is 1. The number of phenols is 1. The van der Waals surface area contributed by atoms with Gasteiger partial charge in [0.1, 0.15) is 16.8 Å². The van der Waals surface area contributed by atoms with Crippen molar-refractivity contribution < 1.29 is 5.11 Å². The lowest BCUT2D eigenvalue weighted by atomic mass is 10.3. The lowest BCUT2D eigenvalue weighted by molar-refractivity contribution is 0.478. The van der Waals surface area contributed by atoms with Crippen molar-refractivity contribution in [1.82, 2.24) is 4.91 Å². The molecule has 0 atom stereocenters. The molecule has 0 aliphatic rings. The maximum absolute atomic E-state index is 8.79. The number of benzene rings is 1. The van der Waals surface area contributed by atoms with E-state index in [-0.39, 0.29) is 5.75 Å². The molecule has 0 heterocycles. The van der Waals surface area contributed by atoms with Gasteiger partial charge in [0.05, 0.1) is 5.69 Å². The number of nitrogen functional groups attached to an aromatic ring is 1. The van der Waals surface area contributed by atoms with Crippen LogP contribution in [0.1, 0.15) is 0 Å². The molecular weight excluding hydrogens is 144 g/mol. The van der Waals surface area contributed by atoms with Crippen LogP contribution in [0.5, 0.6) is 5.75 Å². The average molecular weight is 153 g/mol. The average Bonchev–Trinajstić information content (AvgIpc) is 1.97. The van der Waals surface area contributed by atoms with Crippen molar-refractivity contribution in [1.29, 1.82) is 11.1 Å². The van der Waals surface area contributed by atoms with Crippen LogP contribution in [-0.4, -0.2) is 5.11 Å². The number of nitrogens with one attached hydrogen (secondary N) is 2. The highest BCUT2D eigenvalue weighted by Crippen LogP contribution is 2.16. The third-order valence-corrected chi connectivity index (χ3v) is 0.937. The molecule has 0 bridgehead atoms. The van der Waals surface area contributed by atoms with Crippen molar-refractivity contribution in [2.75, 3.05) is 5.73 Å². The summed E-state index contributed by atoms with van der Waals surface area (Å²) < 4.78 is 0. The number of rotatable bonds is 0. The van der Waals surface area contributed by atoms with E-state index in [4.69, 9.17) is 21.9 Å². The second-order valence-corrected chi connectivity index (χ2v) is 1.67. The standard InChI is InChI=1S/C6H7NO.H2N3/c7-5-3-1-2-4-6(5)8;1-3-2/h1-4,8H,7H2;1-2H/q;+1. The van der Waals surface area contributed by atoms with Gasteiger partial charge in [-0.1, -0.05) is 12.1 Å². The molecule has 0 unspecified atom stereocenters. The molecule has 1 aromatic carbocycles. The third kappa shape index (κ3) is 3.66. The summed E-state index contributed by atoms with van der Waals surface area (Å²) in [5, 5.41) is 8.79. The Labute approximate surface area is 63.5 Å². The van der Waals surface area contributed by atoms with Crippen LogP contribution in [0.4, 0.5) is 5.69 Å². The Morgan fingerprint density at radius 3 is 2.00 bits per heavy atom. The van der Waals surface area contributed by atoms with E-state index in [2.05, 4.69) is 0 Å². The van der Waals surface area contributed by atoms with Gasteiger partial charge in [-0.2, -0.15) is 0 Å². The van der Waals surface area contributed by atoms with Crippen LogP contribution in [0.2, 0.25) is 0 Å². The van der Waals surface area contributed by atoms with Gasteiger partial charge >= 0.3 is 0 Å². The van der Waals surface area contributed by atoms with Crippen molar-refractivity contribution in [2.45, 2.75) is 0 Å². The fourth-order valence-corrected chi connectivity index (χ4v) is 0.488. The summed E-state index contributed by atoms with van der Waals surface area (Å²) in [6, 6.07) is 6.70. The zero-order valence-electron chi connectivity index (χ0n) is 5.78. The fraction of sp³-hybridized carbons (Fsp3) is 0. The van der Waals surface area contributed by atoms with E-state index in [1.54, 1.807) is 24.3 Å². The minimum Gasteiger partial charge on any atom is -0.506 e. The van der Waals surface area contributed by atoms with E-state index >= 15 is 0 Å². The maximum atomic E-state index is 8.79. The Morgan fingerprint density at radius 1 is 1.27 bits per heavy atom. The largest absolute Gasteiger partial charge is 0.506 e. The van der Waals surface area contributed by atoms with Crippen molar-refractivity contribution >= 4 is 5.69 Å². The topological polar surface area (TPSA) is 108 Å². The van der Waals surface area contributed by atoms with Crippen molar-refractivity contribution in [3.8, 4) is 5.75 Å². The van der Waals surface area contributed by atoms with Gasteiger partial charge in [0, 0.05) is 0 Å². The summed E-state index contributed by atoms with van der Waals surface area (Å²) in [6.07, 6.45) is 0. The van der Waals surface area contributed by atoms with Gasteiger partial charge in [-0.05, 0) is 12.1 Å². The first-order chi connectivity index (χ1) is 5.22. The number of nitrogens with two attached hydrogens (primary N) is 1. The van der Waals surface area contributed by atoms with Gasteiger partial charge in [-0.15, -0.1) is 0 Å². The Balaban J connectivity index is 0.000000292. The van der Waals surface area contributed by atoms with E-state index in [1.807, 2.05) is 4.91 Å². The molecule has 0 amide bonds. The number of nitrogens with zero attached hydrogens (tertiary/aromatic N) is 1. The van der Waals surface area contributed by atoms with E-state index < -0.39 is 0 Å². The molecule has 5 nitrogen and oxygen atoms in total. The normalized spacial score (nSPS) is 7.27.